The van der Waals surface area contributed by atoms with Crippen LogP contribution in [0.1, 0.15) is 23.7 Å². The summed E-state index contributed by atoms with van der Waals surface area (Å²) in [6.45, 7) is 4.24. The third kappa shape index (κ3) is 4.38. The minimum absolute atomic E-state index is 0.152. The lowest BCUT2D eigenvalue weighted by Gasteiger charge is -2.18. The van der Waals surface area contributed by atoms with E-state index in [1.807, 2.05) is 16.7 Å². The first kappa shape index (κ1) is 21.3. The van der Waals surface area contributed by atoms with Crippen molar-refractivity contribution in [3.8, 4) is 23.0 Å². The highest BCUT2D eigenvalue weighted by atomic mass is 32.1. The minimum Gasteiger partial charge on any atom is -0.486 e. The van der Waals surface area contributed by atoms with Crippen molar-refractivity contribution in [1.82, 2.24) is 4.57 Å². The zero-order valence-electron chi connectivity index (χ0n) is 18.0. The van der Waals surface area contributed by atoms with Crippen LogP contribution in [0.5, 0.6) is 23.0 Å². The fourth-order valence-corrected chi connectivity index (χ4v) is 4.74. The Morgan fingerprint density at radius 3 is 2.36 bits per heavy atom. The molecule has 1 amide bonds. The quantitative estimate of drug-likeness (QED) is 0.529. The highest BCUT2D eigenvalue weighted by Crippen LogP contribution is 2.36. The van der Waals surface area contributed by atoms with E-state index in [1.165, 1.54) is 11.3 Å². The fraction of sp³-hybridized carbons (Fsp3) is 0.348. The maximum absolute atomic E-state index is 13.0. The summed E-state index contributed by atoms with van der Waals surface area (Å²) in [6, 6.07) is 8.74. The summed E-state index contributed by atoms with van der Waals surface area (Å²) in [5.41, 5.74) is 1.20. The summed E-state index contributed by atoms with van der Waals surface area (Å²) < 4.78 is 30.3. The van der Waals surface area contributed by atoms with Crippen LogP contribution in [0.4, 0.5) is 0 Å². The van der Waals surface area contributed by atoms with Crippen LogP contribution in [0, 0.1) is 0 Å². The van der Waals surface area contributed by atoms with Gasteiger partial charge in [-0.15, -0.1) is 0 Å². The van der Waals surface area contributed by atoms with Gasteiger partial charge in [0, 0.05) is 24.2 Å². The van der Waals surface area contributed by atoms with Gasteiger partial charge in [0.1, 0.15) is 26.4 Å². The average Bonchev–Trinajstić information content (AvgIpc) is 3.16. The van der Waals surface area contributed by atoms with Crippen LogP contribution >= 0.6 is 11.3 Å². The van der Waals surface area contributed by atoms with Crippen LogP contribution in [0.3, 0.4) is 0 Å². The molecule has 0 bridgehead atoms. The first-order valence-electron chi connectivity index (χ1n) is 10.7. The molecule has 5 rings (SSSR count). The largest absolute Gasteiger partial charge is 0.486 e. The summed E-state index contributed by atoms with van der Waals surface area (Å²) >= 11 is 1.35. The van der Waals surface area contributed by atoms with Crippen molar-refractivity contribution in [2.45, 2.75) is 19.9 Å². The number of hydrogen-bond acceptors (Lipinski definition) is 8. The minimum atomic E-state index is -0.416. The van der Waals surface area contributed by atoms with Crippen LogP contribution in [0.15, 0.2) is 35.3 Å². The Kier molecular flexibility index (Phi) is 5.91. The van der Waals surface area contributed by atoms with Crippen molar-refractivity contribution in [3.05, 3.63) is 40.7 Å². The van der Waals surface area contributed by atoms with Crippen LogP contribution in [-0.2, 0) is 16.1 Å². The van der Waals surface area contributed by atoms with Crippen molar-refractivity contribution in [2.24, 2.45) is 4.99 Å². The zero-order chi connectivity index (χ0) is 22.8. The molecular weight excluding hydrogens is 448 g/mol. The fourth-order valence-electron chi connectivity index (χ4n) is 3.67. The maximum atomic E-state index is 13.0. The number of thiazole rings is 1. The highest BCUT2D eigenvalue weighted by Gasteiger charge is 2.19. The number of hydrogen-bond donors (Lipinski definition) is 0. The summed E-state index contributed by atoms with van der Waals surface area (Å²) in [7, 11) is 0. The van der Waals surface area contributed by atoms with Crippen molar-refractivity contribution < 1.29 is 33.3 Å². The molecule has 0 unspecified atom stereocenters. The predicted molar refractivity (Wildman–Crippen MR) is 119 cm³/mol. The number of carbonyl (C=O) groups excluding carboxylic acids is 2. The lowest BCUT2D eigenvalue weighted by molar-refractivity contribution is -0.143. The van der Waals surface area contributed by atoms with Crippen molar-refractivity contribution in [1.29, 1.82) is 0 Å². The number of amides is 1. The van der Waals surface area contributed by atoms with Gasteiger partial charge in [-0.25, -0.2) is 0 Å². The topological polar surface area (TPSA) is 97.6 Å². The monoisotopic (exact) mass is 470 g/mol. The van der Waals surface area contributed by atoms with Gasteiger partial charge in [-0.05, 0) is 25.1 Å². The molecule has 10 heteroatoms. The molecule has 0 radical (unpaired) electrons. The molecule has 2 aromatic carbocycles. The summed E-state index contributed by atoms with van der Waals surface area (Å²) in [6.07, 6.45) is 0.152. The Balaban J connectivity index is 1.55. The van der Waals surface area contributed by atoms with Gasteiger partial charge in [0.05, 0.1) is 23.2 Å². The molecule has 0 atom stereocenters. The van der Waals surface area contributed by atoms with E-state index in [9.17, 15) is 9.59 Å². The molecule has 33 heavy (non-hydrogen) atoms. The highest BCUT2D eigenvalue weighted by molar-refractivity contribution is 7.16. The van der Waals surface area contributed by atoms with Crippen molar-refractivity contribution in [2.75, 3.05) is 33.0 Å². The molecule has 9 nitrogen and oxygen atoms in total. The SMILES string of the molecule is CCOC(=O)CCn1c(=NC(=O)c2ccc3c(c2)OCCO3)sc2cc3c(cc21)OCCO3. The summed E-state index contributed by atoms with van der Waals surface area (Å²) in [4.78, 5) is 29.9. The van der Waals surface area contributed by atoms with Crippen molar-refractivity contribution >= 4 is 33.4 Å². The number of aryl methyl sites for hydroxylation is 1. The second-order valence-electron chi connectivity index (χ2n) is 7.33. The van der Waals surface area contributed by atoms with Crippen LogP contribution in [0.2, 0.25) is 0 Å². The van der Waals surface area contributed by atoms with Gasteiger partial charge in [0.15, 0.2) is 27.8 Å². The normalized spacial score (nSPS) is 14.9. The van der Waals surface area contributed by atoms with Gasteiger partial charge >= 0.3 is 5.97 Å². The predicted octanol–water partition coefficient (Wildman–Crippen LogP) is 2.94. The standard InChI is InChI=1S/C23H22N2O7S/c1-2-28-21(26)5-6-25-15-12-18-19(32-10-9-31-18)13-20(15)33-23(25)24-22(27)14-3-4-16-17(11-14)30-8-7-29-16/h3-4,11-13H,2,5-10H2,1H3. The number of rotatable bonds is 5. The van der Waals surface area contributed by atoms with Gasteiger partial charge in [-0.2, -0.15) is 4.99 Å². The van der Waals surface area contributed by atoms with E-state index in [1.54, 1.807) is 25.1 Å². The third-order valence-electron chi connectivity index (χ3n) is 5.18. The number of benzene rings is 2. The molecule has 3 heterocycles. The molecule has 172 valence electrons. The van der Waals surface area contributed by atoms with Crippen LogP contribution in [0.25, 0.3) is 10.2 Å². The Bertz CT molecular complexity index is 1290. The molecule has 3 aromatic rings. The Morgan fingerprint density at radius 1 is 0.970 bits per heavy atom. The van der Waals surface area contributed by atoms with E-state index >= 15 is 0 Å². The Hall–Kier alpha value is -3.53. The lowest BCUT2D eigenvalue weighted by Crippen LogP contribution is -2.20. The van der Waals surface area contributed by atoms with E-state index < -0.39 is 5.91 Å². The Morgan fingerprint density at radius 2 is 1.64 bits per heavy atom. The molecule has 0 aliphatic carbocycles. The van der Waals surface area contributed by atoms with E-state index in [0.717, 1.165) is 10.2 Å². The van der Waals surface area contributed by atoms with Gasteiger partial charge in [0.25, 0.3) is 5.91 Å². The van der Waals surface area contributed by atoms with Gasteiger partial charge in [-0.1, -0.05) is 11.3 Å². The van der Waals surface area contributed by atoms with Gasteiger partial charge in [0.2, 0.25) is 0 Å². The van der Waals surface area contributed by atoms with Crippen LogP contribution < -0.4 is 23.7 Å². The first-order valence-corrected chi connectivity index (χ1v) is 11.5. The molecule has 2 aliphatic heterocycles. The number of ether oxygens (including phenoxy) is 5. The molecule has 0 saturated heterocycles. The number of nitrogens with zero attached hydrogens (tertiary/aromatic N) is 2. The molecule has 0 N–H and O–H groups in total. The number of fused-ring (bicyclic) bond motifs is 3. The molecular formula is C23H22N2O7S. The summed E-state index contributed by atoms with van der Waals surface area (Å²) in [5.74, 6) is 1.68. The van der Waals surface area contributed by atoms with E-state index in [2.05, 4.69) is 4.99 Å². The molecule has 0 fully saturated rings. The van der Waals surface area contributed by atoms with E-state index in [-0.39, 0.29) is 12.4 Å². The van der Waals surface area contributed by atoms with Gasteiger partial charge in [-0.3, -0.25) is 9.59 Å². The first-order chi connectivity index (χ1) is 16.1. The molecule has 2 aliphatic rings. The Labute approximate surface area is 193 Å². The second-order valence-corrected chi connectivity index (χ2v) is 8.34. The third-order valence-corrected chi connectivity index (χ3v) is 6.22. The maximum Gasteiger partial charge on any atom is 0.307 e. The van der Waals surface area contributed by atoms with E-state index in [4.69, 9.17) is 23.7 Å². The van der Waals surface area contributed by atoms with Crippen molar-refractivity contribution in [3.63, 3.8) is 0 Å². The molecule has 1 aromatic heterocycles. The smallest absolute Gasteiger partial charge is 0.307 e. The zero-order valence-corrected chi connectivity index (χ0v) is 18.8. The number of esters is 1. The molecule has 0 spiro atoms. The lowest BCUT2D eigenvalue weighted by atomic mass is 10.2. The summed E-state index contributed by atoms with van der Waals surface area (Å²) in [5, 5.41) is 0. The number of aromatic nitrogens is 1. The van der Waals surface area contributed by atoms with Crippen LogP contribution in [-0.4, -0.2) is 49.5 Å². The average molecular weight is 471 g/mol. The van der Waals surface area contributed by atoms with Gasteiger partial charge < -0.3 is 28.3 Å². The van der Waals surface area contributed by atoms with E-state index in [0.29, 0.717) is 72.9 Å². The molecule has 0 saturated carbocycles. The second kappa shape index (κ2) is 9.14. The number of carbonyl (C=O) groups is 2.